The van der Waals surface area contributed by atoms with Crippen LogP contribution in [0.3, 0.4) is 0 Å². The lowest BCUT2D eigenvalue weighted by Crippen LogP contribution is -2.14. The van der Waals surface area contributed by atoms with E-state index in [-0.39, 0.29) is 5.41 Å². The van der Waals surface area contributed by atoms with E-state index < -0.39 is 0 Å². The number of hydrogen-bond acceptors (Lipinski definition) is 5. The predicted octanol–water partition coefficient (Wildman–Crippen LogP) is 3.67. The fourth-order valence-electron chi connectivity index (χ4n) is 1.47. The summed E-state index contributed by atoms with van der Waals surface area (Å²) in [6.45, 7) is 8.31. The molecule has 5 heteroatoms. The molecule has 2 aromatic heterocycles. The van der Waals surface area contributed by atoms with E-state index in [0.29, 0.717) is 5.82 Å². The molecular formula is C14H18N4S. The maximum absolute atomic E-state index is 4.30. The van der Waals surface area contributed by atoms with E-state index in [9.17, 15) is 0 Å². The summed E-state index contributed by atoms with van der Waals surface area (Å²) in [5, 5.41) is 14.7. The lowest BCUT2D eigenvalue weighted by molar-refractivity contribution is 0.559. The van der Waals surface area contributed by atoms with Crippen molar-refractivity contribution in [3.05, 3.63) is 40.2 Å². The van der Waals surface area contributed by atoms with Crippen molar-refractivity contribution in [1.29, 1.82) is 0 Å². The minimum absolute atomic E-state index is 0.0156. The van der Waals surface area contributed by atoms with Crippen molar-refractivity contribution in [3.63, 3.8) is 0 Å². The van der Waals surface area contributed by atoms with Gasteiger partial charge in [0.25, 0.3) is 0 Å². The van der Waals surface area contributed by atoms with Crippen molar-refractivity contribution in [2.24, 2.45) is 5.10 Å². The highest BCUT2D eigenvalue weighted by atomic mass is 32.1. The van der Waals surface area contributed by atoms with Crippen molar-refractivity contribution in [3.8, 4) is 0 Å². The highest BCUT2D eigenvalue weighted by Gasteiger charge is 2.15. The predicted molar refractivity (Wildman–Crippen MR) is 80.9 cm³/mol. The molecule has 0 unspecified atom stereocenters. The molecule has 0 aliphatic rings. The number of anilines is 1. The van der Waals surface area contributed by atoms with Crippen LogP contribution in [0, 0.1) is 0 Å². The first-order valence-electron chi connectivity index (χ1n) is 6.15. The molecule has 0 aromatic carbocycles. The van der Waals surface area contributed by atoms with Crippen LogP contribution in [-0.4, -0.2) is 15.9 Å². The number of nitrogens with one attached hydrogen (secondary N) is 1. The zero-order valence-electron chi connectivity index (χ0n) is 11.6. The van der Waals surface area contributed by atoms with Gasteiger partial charge in [-0.2, -0.15) is 10.2 Å². The second kappa shape index (κ2) is 5.48. The monoisotopic (exact) mass is 274 g/mol. The van der Waals surface area contributed by atoms with Crippen LogP contribution in [0.15, 0.2) is 34.7 Å². The van der Waals surface area contributed by atoms with Gasteiger partial charge < -0.3 is 0 Å². The number of nitrogens with zero attached hydrogens (tertiary/aromatic N) is 3. The van der Waals surface area contributed by atoms with Crippen LogP contribution >= 0.6 is 11.3 Å². The lowest BCUT2D eigenvalue weighted by Gasteiger charge is -2.16. The smallest absolute Gasteiger partial charge is 0.168 e. The summed E-state index contributed by atoms with van der Waals surface area (Å²) < 4.78 is 0. The molecular weight excluding hydrogens is 256 g/mol. The molecule has 2 rings (SSSR count). The topological polar surface area (TPSA) is 50.2 Å². The van der Waals surface area contributed by atoms with Gasteiger partial charge in [0.1, 0.15) is 0 Å². The van der Waals surface area contributed by atoms with E-state index in [1.165, 1.54) is 0 Å². The van der Waals surface area contributed by atoms with Gasteiger partial charge in [-0.3, -0.25) is 5.43 Å². The third-order valence-corrected chi connectivity index (χ3v) is 3.63. The van der Waals surface area contributed by atoms with Crippen molar-refractivity contribution in [2.45, 2.75) is 33.1 Å². The van der Waals surface area contributed by atoms with Crippen molar-refractivity contribution < 1.29 is 0 Å². The van der Waals surface area contributed by atoms with Crippen LogP contribution in [-0.2, 0) is 5.41 Å². The standard InChI is InChI=1S/C14H18N4S/c1-10(11-6-5-9-19-11)15-17-13-8-7-12(16-18-13)14(2,3)4/h5-9H,1-4H3,(H,17,18). The molecule has 0 radical (unpaired) electrons. The maximum atomic E-state index is 4.30. The van der Waals surface area contributed by atoms with Crippen molar-refractivity contribution >= 4 is 22.9 Å². The SMILES string of the molecule is CC(=NNc1ccc(C(C)(C)C)nn1)c1cccs1. The molecule has 0 aliphatic heterocycles. The average Bonchev–Trinajstić information content (AvgIpc) is 2.89. The molecule has 2 heterocycles. The number of rotatable bonds is 3. The Morgan fingerprint density at radius 1 is 1.21 bits per heavy atom. The molecule has 100 valence electrons. The Kier molecular flexibility index (Phi) is 3.95. The molecule has 0 fully saturated rings. The van der Waals surface area contributed by atoms with Crippen LogP contribution in [0.2, 0.25) is 0 Å². The minimum atomic E-state index is 0.0156. The van der Waals surface area contributed by atoms with E-state index in [1.807, 2.05) is 36.6 Å². The van der Waals surface area contributed by atoms with E-state index in [2.05, 4.69) is 41.5 Å². The van der Waals surface area contributed by atoms with Crippen molar-refractivity contribution in [1.82, 2.24) is 10.2 Å². The Morgan fingerprint density at radius 2 is 2.00 bits per heavy atom. The zero-order valence-corrected chi connectivity index (χ0v) is 12.5. The van der Waals surface area contributed by atoms with Gasteiger partial charge in [0.15, 0.2) is 5.82 Å². The third-order valence-electron chi connectivity index (χ3n) is 2.65. The van der Waals surface area contributed by atoms with Crippen LogP contribution < -0.4 is 5.43 Å². The molecule has 4 nitrogen and oxygen atoms in total. The molecule has 0 spiro atoms. The number of aromatic nitrogens is 2. The Labute approximate surface area is 117 Å². The zero-order chi connectivity index (χ0) is 13.9. The summed E-state index contributed by atoms with van der Waals surface area (Å²) in [4.78, 5) is 1.15. The summed E-state index contributed by atoms with van der Waals surface area (Å²) in [5.74, 6) is 0.656. The molecule has 0 aliphatic carbocycles. The summed E-state index contributed by atoms with van der Waals surface area (Å²) in [5.41, 5.74) is 4.86. The summed E-state index contributed by atoms with van der Waals surface area (Å²) >= 11 is 1.67. The third kappa shape index (κ3) is 3.61. The average molecular weight is 274 g/mol. The van der Waals surface area contributed by atoms with Crippen LogP contribution in [0.25, 0.3) is 0 Å². The first-order chi connectivity index (χ1) is 8.97. The Morgan fingerprint density at radius 3 is 2.53 bits per heavy atom. The first-order valence-corrected chi connectivity index (χ1v) is 7.03. The molecule has 0 saturated carbocycles. The fourth-order valence-corrected chi connectivity index (χ4v) is 2.15. The van der Waals surface area contributed by atoms with E-state index in [1.54, 1.807) is 11.3 Å². The summed E-state index contributed by atoms with van der Waals surface area (Å²) in [6, 6.07) is 7.93. The maximum Gasteiger partial charge on any atom is 0.168 e. The summed E-state index contributed by atoms with van der Waals surface area (Å²) in [7, 11) is 0. The second-order valence-corrected chi connectivity index (χ2v) is 6.29. The Hall–Kier alpha value is -1.75. The molecule has 0 amide bonds. The molecule has 2 aromatic rings. The van der Waals surface area contributed by atoms with E-state index >= 15 is 0 Å². The number of thiophene rings is 1. The first kappa shape index (κ1) is 13.7. The van der Waals surface area contributed by atoms with Gasteiger partial charge in [0, 0.05) is 10.3 Å². The highest BCUT2D eigenvalue weighted by Crippen LogP contribution is 2.19. The number of hydrazone groups is 1. The molecule has 0 saturated heterocycles. The van der Waals surface area contributed by atoms with Crippen LogP contribution in [0.4, 0.5) is 5.82 Å². The highest BCUT2D eigenvalue weighted by molar-refractivity contribution is 7.12. The van der Waals surface area contributed by atoms with E-state index in [0.717, 1.165) is 16.3 Å². The van der Waals surface area contributed by atoms with Gasteiger partial charge in [0.05, 0.1) is 11.4 Å². The van der Waals surface area contributed by atoms with Gasteiger partial charge >= 0.3 is 0 Å². The molecule has 0 bridgehead atoms. The molecule has 19 heavy (non-hydrogen) atoms. The number of hydrogen-bond donors (Lipinski definition) is 1. The normalized spacial score (nSPS) is 12.5. The van der Waals surface area contributed by atoms with Gasteiger partial charge in [-0.05, 0) is 30.5 Å². The summed E-state index contributed by atoms with van der Waals surface area (Å²) in [6.07, 6.45) is 0. The largest absolute Gasteiger partial charge is 0.260 e. The van der Waals surface area contributed by atoms with Gasteiger partial charge in [-0.15, -0.1) is 16.4 Å². The Bertz CT molecular complexity index is 550. The van der Waals surface area contributed by atoms with Crippen molar-refractivity contribution in [2.75, 3.05) is 5.43 Å². The fraction of sp³-hybridized carbons (Fsp3) is 0.357. The Balaban J connectivity index is 2.06. The van der Waals surface area contributed by atoms with E-state index in [4.69, 9.17) is 0 Å². The molecule has 1 N–H and O–H groups in total. The minimum Gasteiger partial charge on any atom is -0.260 e. The van der Waals surface area contributed by atoms with Gasteiger partial charge in [0.2, 0.25) is 0 Å². The van der Waals surface area contributed by atoms with Crippen LogP contribution in [0.5, 0.6) is 0 Å². The quantitative estimate of drug-likeness (QED) is 0.686. The van der Waals surface area contributed by atoms with Gasteiger partial charge in [-0.1, -0.05) is 26.8 Å². The van der Waals surface area contributed by atoms with Gasteiger partial charge in [-0.25, -0.2) is 0 Å². The second-order valence-electron chi connectivity index (χ2n) is 5.34. The molecule has 0 atom stereocenters. The van der Waals surface area contributed by atoms with Crippen LogP contribution in [0.1, 0.15) is 38.3 Å². The lowest BCUT2D eigenvalue weighted by atomic mass is 9.92.